The molecule has 0 unspecified atom stereocenters. The molecule has 28 heavy (non-hydrogen) atoms. The third-order valence-corrected chi connectivity index (χ3v) is 6.17. The lowest BCUT2D eigenvalue weighted by Gasteiger charge is -2.31. The van der Waals surface area contributed by atoms with Crippen molar-refractivity contribution in [1.82, 2.24) is 4.90 Å². The first kappa shape index (κ1) is 17.6. The topological polar surface area (TPSA) is 57.0 Å². The van der Waals surface area contributed by atoms with Crippen molar-refractivity contribution in [3.8, 4) is 17.2 Å². The molecule has 1 saturated heterocycles. The van der Waals surface area contributed by atoms with Crippen molar-refractivity contribution in [2.24, 2.45) is 11.7 Å². The average molecular weight is 378 g/mol. The fourth-order valence-corrected chi connectivity index (χ4v) is 4.48. The molecular weight excluding hydrogens is 352 g/mol. The lowest BCUT2D eigenvalue weighted by Crippen LogP contribution is -2.35. The second-order valence-corrected chi connectivity index (χ2v) is 7.83. The Kier molecular flexibility index (Phi) is 4.49. The van der Waals surface area contributed by atoms with E-state index in [4.69, 9.17) is 19.9 Å². The Morgan fingerprint density at radius 3 is 2.54 bits per heavy atom. The molecule has 0 aromatic heterocycles. The van der Waals surface area contributed by atoms with Crippen molar-refractivity contribution in [2.45, 2.75) is 19.4 Å². The molecule has 0 saturated carbocycles. The second-order valence-electron chi connectivity index (χ2n) is 7.83. The summed E-state index contributed by atoms with van der Waals surface area (Å²) in [4.78, 5) is 2.55. The van der Waals surface area contributed by atoms with Gasteiger partial charge in [0, 0.05) is 6.54 Å². The Morgan fingerprint density at radius 1 is 1.00 bits per heavy atom. The van der Waals surface area contributed by atoms with Crippen LogP contribution < -0.4 is 19.9 Å². The highest BCUT2D eigenvalue weighted by Gasteiger charge is 2.21. The quantitative estimate of drug-likeness (QED) is 0.698. The first-order valence-electron chi connectivity index (χ1n) is 10.0. The third-order valence-electron chi connectivity index (χ3n) is 6.17. The van der Waals surface area contributed by atoms with Crippen molar-refractivity contribution in [3.05, 3.63) is 42.0 Å². The van der Waals surface area contributed by atoms with E-state index in [2.05, 4.69) is 35.2 Å². The van der Waals surface area contributed by atoms with E-state index >= 15 is 0 Å². The molecule has 3 aromatic rings. The third kappa shape index (κ3) is 3.05. The molecule has 2 aliphatic rings. The lowest BCUT2D eigenvalue weighted by atomic mass is 9.94. The number of methoxy groups -OCH3 is 1. The zero-order valence-electron chi connectivity index (χ0n) is 16.2. The number of piperidine rings is 1. The summed E-state index contributed by atoms with van der Waals surface area (Å²) in [5.74, 6) is 3.18. The first-order valence-corrected chi connectivity index (χ1v) is 10.0. The van der Waals surface area contributed by atoms with Crippen molar-refractivity contribution in [3.63, 3.8) is 0 Å². The Bertz CT molecular complexity index is 1030. The SMILES string of the molecule is COc1ccc2c(CN3CCC(CN)CC3)cc3cc4c(cc3c2c1)OCO4. The number of hydrogen-bond acceptors (Lipinski definition) is 5. The van der Waals surface area contributed by atoms with Crippen molar-refractivity contribution >= 4 is 21.5 Å². The zero-order chi connectivity index (χ0) is 19.1. The number of fused-ring (bicyclic) bond motifs is 4. The molecule has 146 valence electrons. The standard InChI is InChI=1S/C23H26N2O3/c1-26-18-2-3-19-17(13-25-6-4-15(12-24)5-7-25)8-16-9-22-23(28-14-27-22)11-20(16)21(19)10-18/h2-3,8-11,15H,4-7,12-14,24H2,1H3. The van der Waals surface area contributed by atoms with Crippen LogP contribution >= 0.6 is 0 Å². The van der Waals surface area contributed by atoms with Gasteiger partial charge in [0.05, 0.1) is 7.11 Å². The average Bonchev–Trinajstić information content (AvgIpc) is 3.20. The van der Waals surface area contributed by atoms with Crippen LogP contribution in [0.3, 0.4) is 0 Å². The van der Waals surface area contributed by atoms with E-state index in [9.17, 15) is 0 Å². The molecule has 0 bridgehead atoms. The van der Waals surface area contributed by atoms with Gasteiger partial charge in [0.15, 0.2) is 11.5 Å². The van der Waals surface area contributed by atoms with Gasteiger partial charge < -0.3 is 19.9 Å². The summed E-state index contributed by atoms with van der Waals surface area (Å²) in [6.07, 6.45) is 2.38. The highest BCUT2D eigenvalue weighted by molar-refractivity contribution is 6.10. The Hall–Kier alpha value is -2.50. The van der Waals surface area contributed by atoms with Crippen molar-refractivity contribution < 1.29 is 14.2 Å². The number of nitrogens with zero attached hydrogens (tertiary/aromatic N) is 1. The van der Waals surface area contributed by atoms with Crippen LogP contribution in [0.5, 0.6) is 17.2 Å². The van der Waals surface area contributed by atoms with Crippen LogP contribution in [0.4, 0.5) is 0 Å². The molecule has 0 atom stereocenters. The van der Waals surface area contributed by atoms with Crippen LogP contribution in [-0.2, 0) is 6.54 Å². The summed E-state index contributed by atoms with van der Waals surface area (Å²) in [7, 11) is 1.71. The minimum absolute atomic E-state index is 0.288. The van der Waals surface area contributed by atoms with Crippen LogP contribution in [0, 0.1) is 5.92 Å². The van der Waals surface area contributed by atoms with Crippen LogP contribution in [0.15, 0.2) is 36.4 Å². The van der Waals surface area contributed by atoms with Gasteiger partial charge >= 0.3 is 0 Å². The van der Waals surface area contributed by atoms with E-state index in [1.165, 1.54) is 39.9 Å². The molecule has 5 rings (SSSR count). The molecule has 2 heterocycles. The van der Waals surface area contributed by atoms with Gasteiger partial charge in [0.1, 0.15) is 5.75 Å². The Labute approximate surface area is 165 Å². The van der Waals surface area contributed by atoms with Gasteiger partial charge in [-0.2, -0.15) is 0 Å². The first-order chi connectivity index (χ1) is 13.7. The maximum Gasteiger partial charge on any atom is 0.231 e. The molecule has 0 spiro atoms. The summed E-state index contributed by atoms with van der Waals surface area (Å²) in [6.45, 7) is 4.26. The predicted molar refractivity (Wildman–Crippen MR) is 111 cm³/mol. The van der Waals surface area contributed by atoms with Crippen LogP contribution in [0.1, 0.15) is 18.4 Å². The number of ether oxygens (including phenoxy) is 3. The lowest BCUT2D eigenvalue weighted by molar-refractivity contribution is 0.174. The van der Waals surface area contributed by atoms with Gasteiger partial charge in [-0.3, -0.25) is 4.90 Å². The second kappa shape index (κ2) is 7.15. The Morgan fingerprint density at radius 2 is 1.79 bits per heavy atom. The molecule has 5 nitrogen and oxygen atoms in total. The molecule has 2 aliphatic heterocycles. The fraction of sp³-hybridized carbons (Fsp3) is 0.391. The van der Waals surface area contributed by atoms with Gasteiger partial charge in [0.2, 0.25) is 6.79 Å². The minimum Gasteiger partial charge on any atom is -0.497 e. The molecule has 2 N–H and O–H groups in total. The molecule has 0 radical (unpaired) electrons. The van der Waals surface area contributed by atoms with Gasteiger partial charge in [0.25, 0.3) is 0 Å². The normalized spacial score (nSPS) is 17.5. The Balaban J connectivity index is 1.60. The van der Waals surface area contributed by atoms with E-state index in [1.807, 2.05) is 6.07 Å². The number of benzene rings is 3. The zero-order valence-corrected chi connectivity index (χ0v) is 16.2. The van der Waals surface area contributed by atoms with Crippen LogP contribution in [0.2, 0.25) is 0 Å². The summed E-state index contributed by atoms with van der Waals surface area (Å²) in [5.41, 5.74) is 7.20. The van der Waals surface area contributed by atoms with Gasteiger partial charge in [-0.1, -0.05) is 6.07 Å². The largest absolute Gasteiger partial charge is 0.497 e. The van der Waals surface area contributed by atoms with E-state index in [0.29, 0.717) is 5.92 Å². The van der Waals surface area contributed by atoms with Crippen molar-refractivity contribution in [2.75, 3.05) is 33.5 Å². The molecule has 1 fully saturated rings. The highest BCUT2D eigenvalue weighted by atomic mass is 16.7. The van der Waals surface area contributed by atoms with Crippen molar-refractivity contribution in [1.29, 1.82) is 0 Å². The number of hydrogen-bond donors (Lipinski definition) is 1. The highest BCUT2D eigenvalue weighted by Crippen LogP contribution is 2.40. The number of rotatable bonds is 4. The van der Waals surface area contributed by atoms with E-state index in [1.54, 1.807) is 7.11 Å². The summed E-state index contributed by atoms with van der Waals surface area (Å²) in [6, 6.07) is 12.9. The van der Waals surface area contributed by atoms with E-state index in [0.717, 1.165) is 43.4 Å². The number of likely N-dealkylation sites (tertiary alicyclic amines) is 1. The molecule has 0 amide bonds. The maximum absolute atomic E-state index is 5.86. The van der Waals surface area contributed by atoms with E-state index in [-0.39, 0.29) is 6.79 Å². The molecular formula is C23H26N2O3. The molecule has 5 heteroatoms. The molecule has 3 aromatic carbocycles. The summed E-state index contributed by atoms with van der Waals surface area (Å²) in [5, 5.41) is 4.82. The van der Waals surface area contributed by atoms with Crippen LogP contribution in [0.25, 0.3) is 21.5 Å². The van der Waals surface area contributed by atoms with Gasteiger partial charge in [-0.25, -0.2) is 0 Å². The van der Waals surface area contributed by atoms with Gasteiger partial charge in [-0.05, 0) is 95.8 Å². The molecule has 0 aliphatic carbocycles. The predicted octanol–water partition coefficient (Wildman–Crippen LogP) is 3.90. The summed E-state index contributed by atoms with van der Waals surface area (Å²) < 4.78 is 16.7. The maximum atomic E-state index is 5.86. The summed E-state index contributed by atoms with van der Waals surface area (Å²) >= 11 is 0. The number of nitrogens with two attached hydrogens (primary N) is 1. The smallest absolute Gasteiger partial charge is 0.231 e. The van der Waals surface area contributed by atoms with Crippen LogP contribution in [-0.4, -0.2) is 38.4 Å². The van der Waals surface area contributed by atoms with Gasteiger partial charge in [-0.15, -0.1) is 0 Å². The monoisotopic (exact) mass is 378 g/mol. The minimum atomic E-state index is 0.288. The van der Waals surface area contributed by atoms with E-state index < -0.39 is 0 Å². The fourth-order valence-electron chi connectivity index (χ4n) is 4.48.